The van der Waals surface area contributed by atoms with Crippen LogP contribution in [0, 0.1) is 6.92 Å². The van der Waals surface area contributed by atoms with E-state index >= 15 is 0 Å². The number of hydrogen-bond acceptors (Lipinski definition) is 2. The molecule has 0 saturated carbocycles. The van der Waals surface area contributed by atoms with Gasteiger partial charge in [-0.25, -0.2) is 0 Å². The maximum atomic E-state index is 12.2. The number of carbonyl (C=O) groups excluding carboxylic acids is 2. The van der Waals surface area contributed by atoms with Crippen molar-refractivity contribution in [2.75, 3.05) is 18.0 Å². The van der Waals surface area contributed by atoms with Gasteiger partial charge < -0.3 is 10.2 Å². The predicted octanol–water partition coefficient (Wildman–Crippen LogP) is 1.80. The molecule has 1 aliphatic rings. The van der Waals surface area contributed by atoms with E-state index in [2.05, 4.69) is 18.3 Å². The summed E-state index contributed by atoms with van der Waals surface area (Å²) in [4.78, 5) is 24.9. The Morgan fingerprint density at radius 3 is 2.89 bits per heavy atom. The minimum absolute atomic E-state index is 0.0820. The van der Waals surface area contributed by atoms with Gasteiger partial charge in [0.1, 0.15) is 0 Å². The van der Waals surface area contributed by atoms with Crippen molar-refractivity contribution < 1.29 is 9.59 Å². The Morgan fingerprint density at radius 2 is 2.16 bits per heavy atom. The van der Waals surface area contributed by atoms with Crippen LogP contribution < -0.4 is 10.2 Å². The summed E-state index contributed by atoms with van der Waals surface area (Å²) in [6.45, 7) is 4.71. The zero-order valence-corrected chi connectivity index (χ0v) is 11.5. The lowest BCUT2D eigenvalue weighted by Gasteiger charge is -2.30. The van der Waals surface area contributed by atoms with Gasteiger partial charge in [-0.1, -0.05) is 17.7 Å². The number of carbonyl (C=O) groups is 2. The average Bonchev–Trinajstić information content (AvgIpc) is 2.37. The Balaban J connectivity index is 2.06. The van der Waals surface area contributed by atoms with Crippen molar-refractivity contribution in [3.63, 3.8) is 0 Å². The summed E-state index contributed by atoms with van der Waals surface area (Å²) in [5.74, 6) is -0.0129. The number of aryl methyl sites for hydroxylation is 2. The van der Waals surface area contributed by atoms with E-state index in [0.717, 1.165) is 25.1 Å². The quantitative estimate of drug-likeness (QED) is 0.901. The number of amides is 2. The van der Waals surface area contributed by atoms with E-state index in [1.807, 2.05) is 17.0 Å². The molecule has 1 aliphatic heterocycles. The standard InChI is InChI=1S/C15H20N2O2/c1-11-5-6-14-13(10-11)4-3-9-17(14)15(19)7-8-16-12(2)18/h5-6,10H,3-4,7-9H2,1-2H3,(H,16,18). The normalized spacial score (nSPS) is 13.9. The summed E-state index contributed by atoms with van der Waals surface area (Å²) < 4.78 is 0. The monoisotopic (exact) mass is 260 g/mol. The molecule has 0 unspecified atom stereocenters. The summed E-state index contributed by atoms with van der Waals surface area (Å²) in [6.07, 6.45) is 2.39. The molecular formula is C15H20N2O2. The van der Waals surface area contributed by atoms with E-state index in [4.69, 9.17) is 0 Å². The van der Waals surface area contributed by atoms with Crippen molar-refractivity contribution in [1.82, 2.24) is 5.32 Å². The van der Waals surface area contributed by atoms with Crippen LogP contribution in [-0.2, 0) is 16.0 Å². The molecular weight excluding hydrogens is 240 g/mol. The molecule has 0 saturated heterocycles. The lowest BCUT2D eigenvalue weighted by Crippen LogP contribution is -2.37. The topological polar surface area (TPSA) is 49.4 Å². The Labute approximate surface area is 113 Å². The molecule has 0 spiro atoms. The van der Waals surface area contributed by atoms with Gasteiger partial charge in [-0.05, 0) is 31.4 Å². The van der Waals surface area contributed by atoms with Crippen molar-refractivity contribution in [3.05, 3.63) is 29.3 Å². The van der Waals surface area contributed by atoms with Crippen LogP contribution in [0.3, 0.4) is 0 Å². The molecule has 1 aromatic rings. The van der Waals surface area contributed by atoms with E-state index < -0.39 is 0 Å². The highest BCUT2D eigenvalue weighted by molar-refractivity contribution is 5.95. The van der Waals surface area contributed by atoms with Crippen molar-refractivity contribution >= 4 is 17.5 Å². The first-order valence-electron chi connectivity index (χ1n) is 6.72. The highest BCUT2D eigenvalue weighted by Gasteiger charge is 2.21. The third-order valence-corrected chi connectivity index (χ3v) is 3.37. The first-order chi connectivity index (χ1) is 9.08. The summed E-state index contributed by atoms with van der Waals surface area (Å²) in [5, 5.41) is 2.66. The number of fused-ring (bicyclic) bond motifs is 1. The second kappa shape index (κ2) is 5.87. The molecule has 19 heavy (non-hydrogen) atoms. The summed E-state index contributed by atoms with van der Waals surface area (Å²) in [7, 11) is 0. The molecule has 4 nitrogen and oxygen atoms in total. The molecule has 0 radical (unpaired) electrons. The number of anilines is 1. The summed E-state index contributed by atoms with van der Waals surface area (Å²) >= 11 is 0. The van der Waals surface area contributed by atoms with Gasteiger partial charge in [-0.15, -0.1) is 0 Å². The molecule has 1 heterocycles. The maximum absolute atomic E-state index is 12.2. The van der Waals surface area contributed by atoms with Crippen molar-refractivity contribution in [3.8, 4) is 0 Å². The molecule has 1 N–H and O–H groups in total. The zero-order valence-electron chi connectivity index (χ0n) is 11.5. The predicted molar refractivity (Wildman–Crippen MR) is 75.2 cm³/mol. The van der Waals surface area contributed by atoms with Crippen LogP contribution in [0.25, 0.3) is 0 Å². The van der Waals surface area contributed by atoms with Gasteiger partial charge in [-0.3, -0.25) is 9.59 Å². The Bertz CT molecular complexity index is 497. The molecule has 4 heteroatoms. The number of nitrogens with zero attached hydrogens (tertiary/aromatic N) is 1. The van der Waals surface area contributed by atoms with E-state index in [-0.39, 0.29) is 11.8 Å². The van der Waals surface area contributed by atoms with Crippen LogP contribution >= 0.6 is 0 Å². The number of benzene rings is 1. The average molecular weight is 260 g/mol. The van der Waals surface area contributed by atoms with E-state index in [1.54, 1.807) is 0 Å². The highest BCUT2D eigenvalue weighted by Crippen LogP contribution is 2.28. The molecule has 0 fully saturated rings. The van der Waals surface area contributed by atoms with Gasteiger partial charge >= 0.3 is 0 Å². The van der Waals surface area contributed by atoms with Gasteiger partial charge in [0.2, 0.25) is 11.8 Å². The number of rotatable bonds is 3. The van der Waals surface area contributed by atoms with Crippen LogP contribution in [0.15, 0.2) is 18.2 Å². The first kappa shape index (κ1) is 13.6. The van der Waals surface area contributed by atoms with Gasteiger partial charge in [0.25, 0.3) is 0 Å². The van der Waals surface area contributed by atoms with Gasteiger partial charge in [0.15, 0.2) is 0 Å². The zero-order chi connectivity index (χ0) is 13.8. The van der Waals surface area contributed by atoms with Gasteiger partial charge in [0.05, 0.1) is 0 Å². The van der Waals surface area contributed by atoms with Crippen LogP contribution in [-0.4, -0.2) is 24.9 Å². The highest BCUT2D eigenvalue weighted by atomic mass is 16.2. The third-order valence-electron chi connectivity index (χ3n) is 3.37. The largest absolute Gasteiger partial charge is 0.356 e. The van der Waals surface area contributed by atoms with Crippen molar-refractivity contribution in [2.45, 2.75) is 33.1 Å². The number of nitrogens with one attached hydrogen (secondary N) is 1. The Hall–Kier alpha value is -1.84. The van der Waals surface area contributed by atoms with Crippen LogP contribution in [0.4, 0.5) is 5.69 Å². The van der Waals surface area contributed by atoms with E-state index in [1.165, 1.54) is 18.1 Å². The SMILES string of the molecule is CC(=O)NCCC(=O)N1CCCc2cc(C)ccc21. The van der Waals surface area contributed by atoms with Gasteiger partial charge in [-0.2, -0.15) is 0 Å². The Kier molecular flexibility index (Phi) is 4.20. The van der Waals surface area contributed by atoms with Gasteiger partial charge in [0, 0.05) is 32.1 Å². The fourth-order valence-electron chi connectivity index (χ4n) is 2.47. The van der Waals surface area contributed by atoms with Crippen molar-refractivity contribution in [1.29, 1.82) is 0 Å². The number of hydrogen-bond donors (Lipinski definition) is 1. The summed E-state index contributed by atoms with van der Waals surface area (Å²) in [6, 6.07) is 6.22. The molecule has 1 aromatic carbocycles. The van der Waals surface area contributed by atoms with Crippen LogP contribution in [0.1, 0.15) is 30.9 Å². The minimum Gasteiger partial charge on any atom is -0.356 e. The maximum Gasteiger partial charge on any atom is 0.228 e. The molecule has 2 amide bonds. The van der Waals surface area contributed by atoms with Crippen LogP contribution in [0.5, 0.6) is 0 Å². The lowest BCUT2D eigenvalue weighted by atomic mass is 9.99. The third kappa shape index (κ3) is 3.34. The molecule has 102 valence electrons. The van der Waals surface area contributed by atoms with Crippen molar-refractivity contribution in [2.24, 2.45) is 0 Å². The fraction of sp³-hybridized carbons (Fsp3) is 0.467. The van der Waals surface area contributed by atoms with E-state index in [9.17, 15) is 9.59 Å². The first-order valence-corrected chi connectivity index (χ1v) is 6.72. The summed E-state index contributed by atoms with van der Waals surface area (Å²) in [5.41, 5.74) is 3.51. The lowest BCUT2D eigenvalue weighted by molar-refractivity contribution is -0.120. The Morgan fingerprint density at radius 1 is 1.37 bits per heavy atom. The molecule has 2 rings (SSSR count). The minimum atomic E-state index is -0.0949. The molecule has 0 atom stereocenters. The second-order valence-corrected chi connectivity index (χ2v) is 5.01. The fourth-order valence-corrected chi connectivity index (χ4v) is 2.47. The smallest absolute Gasteiger partial charge is 0.228 e. The molecule has 0 bridgehead atoms. The second-order valence-electron chi connectivity index (χ2n) is 5.01. The molecule has 0 aromatic heterocycles. The molecule has 0 aliphatic carbocycles. The van der Waals surface area contributed by atoms with E-state index in [0.29, 0.717) is 13.0 Å². The van der Waals surface area contributed by atoms with Crippen LogP contribution in [0.2, 0.25) is 0 Å².